The van der Waals surface area contributed by atoms with E-state index in [4.69, 9.17) is 0 Å². The number of rotatable bonds is 8. The van der Waals surface area contributed by atoms with Crippen molar-refractivity contribution in [2.24, 2.45) is 0 Å². The van der Waals surface area contributed by atoms with Gasteiger partial charge in [0.15, 0.2) is 0 Å². The standard InChI is InChI=1S/C27H24N2O3S/c1-32-26(30)9-5-8-25-28-18-24(33-25)21-14-16-23(17-15-21)29-27(31)22-12-10-20(11-13-22)19-6-3-2-4-7-19/h2-4,6-7,10-18H,5,8-9H2,1H3,(H,29,31). The van der Waals surface area contributed by atoms with Crippen LogP contribution in [0.2, 0.25) is 0 Å². The summed E-state index contributed by atoms with van der Waals surface area (Å²) in [5.41, 5.74) is 4.58. The van der Waals surface area contributed by atoms with Gasteiger partial charge >= 0.3 is 5.97 Å². The predicted octanol–water partition coefficient (Wildman–Crippen LogP) is 6.23. The minimum absolute atomic E-state index is 0.145. The van der Waals surface area contributed by atoms with Crippen LogP contribution in [0.1, 0.15) is 28.2 Å². The van der Waals surface area contributed by atoms with Gasteiger partial charge < -0.3 is 10.1 Å². The maximum Gasteiger partial charge on any atom is 0.305 e. The quantitative estimate of drug-likeness (QED) is 0.319. The maximum atomic E-state index is 12.6. The molecule has 6 heteroatoms. The molecule has 0 aliphatic carbocycles. The number of nitrogens with one attached hydrogen (secondary N) is 1. The fourth-order valence-corrected chi connectivity index (χ4v) is 4.38. The summed E-state index contributed by atoms with van der Waals surface area (Å²) in [5, 5.41) is 3.94. The minimum atomic E-state index is -0.198. The molecule has 4 aromatic rings. The average Bonchev–Trinajstić information content (AvgIpc) is 3.34. The van der Waals surface area contributed by atoms with Gasteiger partial charge in [0.1, 0.15) is 0 Å². The van der Waals surface area contributed by atoms with Gasteiger partial charge in [0.25, 0.3) is 5.91 Å². The molecule has 4 rings (SSSR count). The van der Waals surface area contributed by atoms with Gasteiger partial charge in [-0.1, -0.05) is 54.6 Å². The van der Waals surface area contributed by atoms with Gasteiger partial charge in [-0.15, -0.1) is 11.3 Å². The van der Waals surface area contributed by atoms with Crippen LogP contribution in [-0.4, -0.2) is 24.0 Å². The molecule has 1 N–H and O–H groups in total. The first kappa shape index (κ1) is 22.4. The highest BCUT2D eigenvalue weighted by molar-refractivity contribution is 7.15. The lowest BCUT2D eigenvalue weighted by atomic mass is 10.0. The second-order valence-electron chi connectivity index (χ2n) is 7.52. The molecule has 3 aromatic carbocycles. The number of carbonyl (C=O) groups is 2. The second-order valence-corrected chi connectivity index (χ2v) is 8.64. The van der Waals surface area contributed by atoms with Gasteiger partial charge in [-0.25, -0.2) is 4.98 Å². The molecule has 0 unspecified atom stereocenters. The van der Waals surface area contributed by atoms with E-state index in [1.54, 1.807) is 11.3 Å². The summed E-state index contributed by atoms with van der Waals surface area (Å²) < 4.78 is 4.67. The summed E-state index contributed by atoms with van der Waals surface area (Å²) in [5.74, 6) is -0.343. The molecule has 1 heterocycles. The first-order valence-corrected chi connectivity index (χ1v) is 11.5. The van der Waals surface area contributed by atoms with Crippen LogP contribution in [0.4, 0.5) is 5.69 Å². The summed E-state index contributed by atoms with van der Waals surface area (Å²) in [6.07, 6.45) is 3.71. The molecule has 166 valence electrons. The number of ether oxygens (including phenoxy) is 1. The average molecular weight is 457 g/mol. The summed E-state index contributed by atoms with van der Waals surface area (Å²) in [4.78, 5) is 29.4. The molecule has 1 amide bonds. The molecule has 0 radical (unpaired) electrons. The van der Waals surface area contributed by atoms with Gasteiger partial charge in [-0.2, -0.15) is 0 Å². The summed E-state index contributed by atoms with van der Waals surface area (Å²) in [6, 6.07) is 25.4. The molecule has 0 fully saturated rings. The van der Waals surface area contributed by atoms with Gasteiger partial charge in [-0.3, -0.25) is 9.59 Å². The third-order valence-corrected chi connectivity index (χ3v) is 6.34. The number of amides is 1. The molecule has 0 aliphatic heterocycles. The zero-order valence-corrected chi connectivity index (χ0v) is 19.1. The van der Waals surface area contributed by atoms with Gasteiger partial charge in [0.2, 0.25) is 0 Å². The molecule has 0 aliphatic rings. The van der Waals surface area contributed by atoms with Crippen LogP contribution in [0.15, 0.2) is 85.1 Å². The maximum absolute atomic E-state index is 12.6. The third-order valence-electron chi connectivity index (χ3n) is 5.23. The van der Waals surface area contributed by atoms with E-state index in [-0.39, 0.29) is 11.9 Å². The predicted molar refractivity (Wildman–Crippen MR) is 132 cm³/mol. The number of carbonyl (C=O) groups excluding carboxylic acids is 2. The van der Waals surface area contributed by atoms with Crippen molar-refractivity contribution >= 4 is 28.9 Å². The third kappa shape index (κ3) is 5.93. The number of nitrogens with zero attached hydrogens (tertiary/aromatic N) is 1. The largest absolute Gasteiger partial charge is 0.469 e. The summed E-state index contributed by atoms with van der Waals surface area (Å²) in [7, 11) is 1.40. The van der Waals surface area contributed by atoms with Gasteiger partial charge in [0.05, 0.1) is 17.0 Å². The number of aromatic nitrogens is 1. The van der Waals surface area contributed by atoms with Crippen LogP contribution in [-0.2, 0) is 16.0 Å². The molecule has 0 bridgehead atoms. The number of benzene rings is 3. The Hall–Kier alpha value is -3.77. The SMILES string of the molecule is COC(=O)CCCc1ncc(-c2ccc(NC(=O)c3ccc(-c4ccccc4)cc3)cc2)s1. The molecule has 1 aromatic heterocycles. The zero-order valence-electron chi connectivity index (χ0n) is 18.3. The lowest BCUT2D eigenvalue weighted by molar-refractivity contribution is -0.140. The fraction of sp³-hybridized carbons (Fsp3) is 0.148. The van der Waals surface area contributed by atoms with E-state index in [1.807, 2.05) is 85.1 Å². The summed E-state index contributed by atoms with van der Waals surface area (Å²) >= 11 is 1.61. The lowest BCUT2D eigenvalue weighted by Gasteiger charge is -2.07. The van der Waals surface area contributed by atoms with Crippen molar-refractivity contribution in [1.29, 1.82) is 0 Å². The smallest absolute Gasteiger partial charge is 0.305 e. The topological polar surface area (TPSA) is 68.3 Å². The Morgan fingerprint density at radius 3 is 2.24 bits per heavy atom. The highest BCUT2D eigenvalue weighted by atomic mass is 32.1. The van der Waals surface area contributed by atoms with Crippen molar-refractivity contribution in [3.05, 3.63) is 95.6 Å². The van der Waals surface area contributed by atoms with E-state index in [9.17, 15) is 9.59 Å². The van der Waals surface area contributed by atoms with Crippen LogP contribution in [0.25, 0.3) is 21.6 Å². The molecular weight excluding hydrogens is 432 g/mol. The monoisotopic (exact) mass is 456 g/mol. The summed E-state index contributed by atoms with van der Waals surface area (Å²) in [6.45, 7) is 0. The van der Waals surface area contributed by atoms with Crippen LogP contribution < -0.4 is 5.32 Å². The lowest BCUT2D eigenvalue weighted by Crippen LogP contribution is -2.11. The van der Waals surface area contributed by atoms with E-state index in [1.165, 1.54) is 7.11 Å². The Balaban J connectivity index is 1.35. The first-order valence-electron chi connectivity index (χ1n) is 10.7. The first-order chi connectivity index (χ1) is 16.1. The minimum Gasteiger partial charge on any atom is -0.469 e. The van der Waals surface area contributed by atoms with E-state index in [2.05, 4.69) is 15.0 Å². The van der Waals surface area contributed by atoms with Crippen molar-refractivity contribution in [3.8, 4) is 21.6 Å². The Bertz CT molecular complexity index is 1220. The van der Waals surface area contributed by atoms with Crippen molar-refractivity contribution < 1.29 is 14.3 Å². The number of hydrogen-bond acceptors (Lipinski definition) is 5. The number of hydrogen-bond donors (Lipinski definition) is 1. The molecule has 0 saturated carbocycles. The van der Waals surface area contributed by atoms with E-state index >= 15 is 0 Å². The molecule has 33 heavy (non-hydrogen) atoms. The van der Waals surface area contributed by atoms with Crippen molar-refractivity contribution in [1.82, 2.24) is 4.98 Å². The van der Waals surface area contributed by atoms with Crippen molar-refractivity contribution in [2.75, 3.05) is 12.4 Å². The van der Waals surface area contributed by atoms with Crippen LogP contribution in [0.3, 0.4) is 0 Å². The van der Waals surface area contributed by atoms with E-state index < -0.39 is 0 Å². The van der Waals surface area contributed by atoms with Gasteiger partial charge in [0, 0.05) is 23.9 Å². The van der Waals surface area contributed by atoms with Crippen LogP contribution >= 0.6 is 11.3 Å². The van der Waals surface area contributed by atoms with Crippen LogP contribution in [0, 0.1) is 0 Å². The van der Waals surface area contributed by atoms with Crippen LogP contribution in [0.5, 0.6) is 0 Å². The zero-order chi connectivity index (χ0) is 23.0. The molecule has 0 spiro atoms. The molecule has 5 nitrogen and oxygen atoms in total. The molecular formula is C27H24N2O3S. The second kappa shape index (κ2) is 10.7. The fourth-order valence-electron chi connectivity index (χ4n) is 3.41. The van der Waals surface area contributed by atoms with E-state index in [0.717, 1.165) is 45.1 Å². The van der Waals surface area contributed by atoms with E-state index in [0.29, 0.717) is 12.0 Å². The van der Waals surface area contributed by atoms with Gasteiger partial charge in [-0.05, 0) is 53.8 Å². The highest BCUT2D eigenvalue weighted by Gasteiger charge is 2.09. The highest BCUT2D eigenvalue weighted by Crippen LogP contribution is 2.28. The number of aryl methyl sites for hydroxylation is 1. The Kier molecular flexibility index (Phi) is 7.27. The number of thiazole rings is 1. The number of anilines is 1. The Morgan fingerprint density at radius 2 is 1.55 bits per heavy atom. The van der Waals surface area contributed by atoms with Crippen molar-refractivity contribution in [2.45, 2.75) is 19.3 Å². The number of esters is 1. The normalized spacial score (nSPS) is 10.6. The molecule has 0 atom stereocenters. The molecule has 0 saturated heterocycles. The Labute approximate surface area is 197 Å². The van der Waals surface area contributed by atoms with Crippen molar-refractivity contribution in [3.63, 3.8) is 0 Å². The Morgan fingerprint density at radius 1 is 0.879 bits per heavy atom. The number of methoxy groups -OCH3 is 1.